The molecule has 2 amide bonds. The van der Waals surface area contributed by atoms with Crippen LogP contribution in [-0.2, 0) is 26.2 Å². The molecule has 0 bridgehead atoms. The lowest BCUT2D eigenvalue weighted by Crippen LogP contribution is -2.51. The van der Waals surface area contributed by atoms with Crippen molar-refractivity contribution >= 4 is 21.8 Å². The number of nitrogens with one attached hydrogen (secondary N) is 1. The van der Waals surface area contributed by atoms with Crippen LogP contribution in [0.3, 0.4) is 0 Å². The molecule has 1 N–H and O–H groups in total. The number of benzene rings is 2. The SMILES string of the molecule is Cc1ccc(S(=O)(=O)N(C)CC(=O)N(Cc2ccccc2)[C@H](C)C(=O)NC(C)C)cc1. The molecular weight excluding hydrogens is 414 g/mol. The van der Waals surface area contributed by atoms with Gasteiger partial charge in [-0.2, -0.15) is 4.31 Å². The number of hydrogen-bond acceptors (Lipinski definition) is 4. The quantitative estimate of drug-likeness (QED) is 0.643. The van der Waals surface area contributed by atoms with Crippen molar-refractivity contribution in [2.75, 3.05) is 13.6 Å². The minimum Gasteiger partial charge on any atom is -0.352 e. The summed E-state index contributed by atoms with van der Waals surface area (Å²) in [6.45, 7) is 7.03. The van der Waals surface area contributed by atoms with Crippen molar-refractivity contribution in [1.82, 2.24) is 14.5 Å². The van der Waals surface area contributed by atoms with E-state index in [1.165, 1.54) is 24.1 Å². The maximum Gasteiger partial charge on any atom is 0.243 e. The molecule has 31 heavy (non-hydrogen) atoms. The molecule has 8 heteroatoms. The Balaban J connectivity index is 2.24. The predicted octanol–water partition coefficient (Wildman–Crippen LogP) is 2.56. The fourth-order valence-electron chi connectivity index (χ4n) is 3.02. The van der Waals surface area contributed by atoms with Gasteiger partial charge in [0.25, 0.3) is 0 Å². The highest BCUT2D eigenvalue weighted by atomic mass is 32.2. The van der Waals surface area contributed by atoms with Crippen LogP contribution >= 0.6 is 0 Å². The van der Waals surface area contributed by atoms with Gasteiger partial charge >= 0.3 is 0 Å². The van der Waals surface area contributed by atoms with E-state index in [1.807, 2.05) is 51.1 Å². The van der Waals surface area contributed by atoms with Crippen LogP contribution in [0.2, 0.25) is 0 Å². The van der Waals surface area contributed by atoms with Crippen molar-refractivity contribution in [2.24, 2.45) is 0 Å². The summed E-state index contributed by atoms with van der Waals surface area (Å²) in [7, 11) is -2.47. The molecule has 0 fully saturated rings. The van der Waals surface area contributed by atoms with Crippen LogP contribution in [-0.4, -0.2) is 55.1 Å². The molecule has 0 aliphatic carbocycles. The van der Waals surface area contributed by atoms with Gasteiger partial charge in [-0.05, 0) is 45.4 Å². The molecule has 0 radical (unpaired) electrons. The Labute approximate surface area is 185 Å². The van der Waals surface area contributed by atoms with E-state index in [0.29, 0.717) is 0 Å². The minimum atomic E-state index is -3.84. The van der Waals surface area contributed by atoms with Crippen LogP contribution in [0.4, 0.5) is 0 Å². The summed E-state index contributed by atoms with van der Waals surface area (Å²) in [4.78, 5) is 27.3. The molecule has 0 unspecified atom stereocenters. The van der Waals surface area contributed by atoms with Crippen LogP contribution in [0.25, 0.3) is 0 Å². The maximum atomic E-state index is 13.2. The number of carbonyl (C=O) groups excluding carboxylic acids is 2. The van der Waals surface area contributed by atoms with Crippen molar-refractivity contribution < 1.29 is 18.0 Å². The van der Waals surface area contributed by atoms with Gasteiger partial charge in [0.2, 0.25) is 21.8 Å². The number of amides is 2. The number of likely N-dealkylation sites (N-methyl/N-ethyl adjacent to an activating group) is 1. The number of carbonyl (C=O) groups is 2. The molecule has 0 aliphatic heterocycles. The standard InChI is InChI=1S/C23H31N3O4S/c1-17(2)24-23(28)19(4)26(15-20-9-7-6-8-10-20)22(27)16-25(5)31(29,30)21-13-11-18(3)12-14-21/h6-14,17,19H,15-16H2,1-5H3,(H,24,28)/t19-/m1/s1. The average Bonchev–Trinajstić information content (AvgIpc) is 2.72. The maximum absolute atomic E-state index is 13.2. The summed E-state index contributed by atoms with van der Waals surface area (Å²) in [6, 6.07) is 14.9. The fourth-order valence-corrected chi connectivity index (χ4v) is 4.14. The van der Waals surface area contributed by atoms with Crippen LogP contribution < -0.4 is 5.32 Å². The monoisotopic (exact) mass is 445 g/mol. The highest BCUT2D eigenvalue weighted by Crippen LogP contribution is 2.16. The van der Waals surface area contributed by atoms with Crippen molar-refractivity contribution in [3.63, 3.8) is 0 Å². The Morgan fingerprint density at radius 3 is 2.10 bits per heavy atom. The normalized spacial score (nSPS) is 12.6. The second-order valence-corrected chi connectivity index (χ2v) is 9.97. The summed E-state index contributed by atoms with van der Waals surface area (Å²) in [5.41, 5.74) is 1.79. The molecule has 1 atom stereocenters. The topological polar surface area (TPSA) is 86.8 Å². The van der Waals surface area contributed by atoms with E-state index in [0.717, 1.165) is 15.4 Å². The van der Waals surface area contributed by atoms with Gasteiger partial charge in [0.05, 0.1) is 11.4 Å². The Hall–Kier alpha value is -2.71. The minimum absolute atomic E-state index is 0.0757. The zero-order valence-corrected chi connectivity index (χ0v) is 19.5. The number of nitrogens with zero attached hydrogens (tertiary/aromatic N) is 2. The van der Waals surface area contributed by atoms with Gasteiger partial charge in [-0.15, -0.1) is 0 Å². The van der Waals surface area contributed by atoms with Crippen molar-refractivity contribution in [2.45, 2.75) is 51.2 Å². The van der Waals surface area contributed by atoms with Gasteiger partial charge < -0.3 is 10.2 Å². The van der Waals surface area contributed by atoms with E-state index in [2.05, 4.69) is 5.32 Å². The lowest BCUT2D eigenvalue weighted by Gasteiger charge is -2.30. The highest BCUT2D eigenvalue weighted by Gasteiger charge is 2.30. The van der Waals surface area contributed by atoms with E-state index < -0.39 is 22.0 Å². The van der Waals surface area contributed by atoms with Gasteiger partial charge in [-0.3, -0.25) is 9.59 Å². The van der Waals surface area contributed by atoms with E-state index >= 15 is 0 Å². The summed E-state index contributed by atoms with van der Waals surface area (Å²) >= 11 is 0. The largest absolute Gasteiger partial charge is 0.352 e. The van der Waals surface area contributed by atoms with Crippen LogP contribution in [0.1, 0.15) is 31.9 Å². The van der Waals surface area contributed by atoms with E-state index in [-0.39, 0.29) is 29.9 Å². The van der Waals surface area contributed by atoms with Crippen molar-refractivity contribution in [3.8, 4) is 0 Å². The first-order chi connectivity index (χ1) is 14.5. The van der Waals surface area contributed by atoms with Crippen molar-refractivity contribution in [1.29, 1.82) is 0 Å². The van der Waals surface area contributed by atoms with Crippen LogP contribution in [0.15, 0.2) is 59.5 Å². The molecular formula is C23H31N3O4S. The van der Waals surface area contributed by atoms with Crippen molar-refractivity contribution in [3.05, 3.63) is 65.7 Å². The molecule has 0 saturated heterocycles. The summed E-state index contributed by atoms with van der Waals surface area (Å²) in [5.74, 6) is -0.739. The fraction of sp³-hybridized carbons (Fsp3) is 0.391. The molecule has 2 aromatic carbocycles. The Bertz CT molecular complexity index is 989. The Kier molecular flexibility index (Phi) is 8.36. The highest BCUT2D eigenvalue weighted by molar-refractivity contribution is 7.89. The van der Waals surface area contributed by atoms with Crippen LogP contribution in [0.5, 0.6) is 0 Å². The first-order valence-corrected chi connectivity index (χ1v) is 11.6. The third-order valence-corrected chi connectivity index (χ3v) is 6.70. The lowest BCUT2D eigenvalue weighted by molar-refractivity contribution is -0.140. The molecule has 2 rings (SSSR count). The molecule has 0 aliphatic rings. The summed E-state index contributed by atoms with van der Waals surface area (Å²) in [6.07, 6.45) is 0. The third-order valence-electron chi connectivity index (χ3n) is 4.88. The van der Waals surface area contributed by atoms with Gasteiger partial charge in [-0.1, -0.05) is 48.0 Å². The number of rotatable bonds is 9. The van der Waals surface area contributed by atoms with E-state index in [4.69, 9.17) is 0 Å². The zero-order chi connectivity index (χ0) is 23.2. The molecule has 0 saturated carbocycles. The predicted molar refractivity (Wildman–Crippen MR) is 121 cm³/mol. The van der Waals surface area contributed by atoms with Gasteiger partial charge in [0.1, 0.15) is 6.04 Å². The second kappa shape index (κ2) is 10.5. The summed E-state index contributed by atoms with van der Waals surface area (Å²) < 4.78 is 26.8. The second-order valence-electron chi connectivity index (χ2n) is 7.92. The van der Waals surface area contributed by atoms with Crippen LogP contribution in [0, 0.1) is 6.92 Å². The smallest absolute Gasteiger partial charge is 0.243 e. The van der Waals surface area contributed by atoms with E-state index in [1.54, 1.807) is 19.1 Å². The number of hydrogen-bond donors (Lipinski definition) is 1. The first kappa shape index (κ1) is 24.6. The first-order valence-electron chi connectivity index (χ1n) is 10.2. The Morgan fingerprint density at radius 1 is 0.968 bits per heavy atom. The molecule has 0 aromatic heterocycles. The third kappa shape index (κ3) is 6.63. The lowest BCUT2D eigenvalue weighted by atomic mass is 10.1. The molecule has 7 nitrogen and oxygen atoms in total. The molecule has 0 heterocycles. The van der Waals surface area contributed by atoms with Gasteiger partial charge in [-0.25, -0.2) is 8.42 Å². The van der Waals surface area contributed by atoms with Gasteiger partial charge in [0, 0.05) is 19.6 Å². The molecule has 2 aromatic rings. The van der Waals surface area contributed by atoms with E-state index in [9.17, 15) is 18.0 Å². The zero-order valence-electron chi connectivity index (χ0n) is 18.7. The summed E-state index contributed by atoms with van der Waals surface area (Å²) in [5, 5.41) is 2.81. The average molecular weight is 446 g/mol. The number of aryl methyl sites for hydroxylation is 1. The van der Waals surface area contributed by atoms with Gasteiger partial charge in [0.15, 0.2) is 0 Å². The number of sulfonamides is 1. The Morgan fingerprint density at radius 2 is 1.55 bits per heavy atom. The molecule has 0 spiro atoms. The molecule has 168 valence electrons.